The Labute approximate surface area is 253 Å². The Kier molecular flexibility index (Phi) is 10.1. The summed E-state index contributed by atoms with van der Waals surface area (Å²) < 4.78 is 12.2. The van der Waals surface area contributed by atoms with E-state index in [0.717, 1.165) is 6.42 Å². The van der Waals surface area contributed by atoms with Crippen LogP contribution in [-0.2, 0) is 25.5 Å². The number of fused-ring (bicyclic) bond motifs is 3. The van der Waals surface area contributed by atoms with Crippen LogP contribution in [0.15, 0.2) is 78.6 Å². The Balaban J connectivity index is 1.28. The van der Waals surface area contributed by atoms with E-state index in [-0.39, 0.29) is 36.0 Å². The molecule has 0 bridgehead atoms. The van der Waals surface area contributed by atoms with Gasteiger partial charge in [-0.05, 0) is 85.1 Å². The van der Waals surface area contributed by atoms with Gasteiger partial charge in [-0.1, -0.05) is 54.6 Å². The van der Waals surface area contributed by atoms with Gasteiger partial charge in [-0.2, -0.15) is 0 Å². The van der Waals surface area contributed by atoms with Crippen LogP contribution in [0.2, 0.25) is 0 Å². The highest BCUT2D eigenvalue weighted by atomic mass is 16.7. The Morgan fingerprint density at radius 1 is 1.00 bits per heavy atom. The molecule has 0 saturated carbocycles. The minimum Gasteiger partial charge on any atom is -0.459 e. The van der Waals surface area contributed by atoms with Gasteiger partial charge in [0, 0.05) is 38.0 Å². The molecule has 226 valence electrons. The van der Waals surface area contributed by atoms with E-state index in [1.54, 1.807) is 12.1 Å². The second kappa shape index (κ2) is 14.4. The molecule has 0 saturated heterocycles. The SMILES string of the molecule is CCO[C@@H]1OC(C(=O)NCCCCC(=O)Nc2ccccc2N)=C[C@H](c2cccc3c2Cc2ccccc2-3)[C@@H]1CCCO. The Morgan fingerprint density at radius 3 is 2.60 bits per heavy atom. The van der Waals surface area contributed by atoms with Crippen LogP contribution in [-0.4, -0.2) is 43.0 Å². The first-order valence-electron chi connectivity index (χ1n) is 15.2. The second-order valence-electron chi connectivity index (χ2n) is 11.1. The molecule has 1 heterocycles. The Morgan fingerprint density at radius 2 is 1.79 bits per heavy atom. The van der Waals surface area contributed by atoms with Gasteiger partial charge in [-0.25, -0.2) is 0 Å². The first-order valence-corrected chi connectivity index (χ1v) is 15.2. The number of amides is 2. The summed E-state index contributed by atoms with van der Waals surface area (Å²) in [6, 6.07) is 22.0. The number of para-hydroxylation sites is 2. The van der Waals surface area contributed by atoms with Crippen molar-refractivity contribution < 1.29 is 24.2 Å². The zero-order valence-corrected chi connectivity index (χ0v) is 24.7. The summed E-state index contributed by atoms with van der Waals surface area (Å²) in [4.78, 5) is 25.7. The van der Waals surface area contributed by atoms with Crippen molar-refractivity contribution in [3.8, 4) is 11.1 Å². The molecule has 0 unspecified atom stereocenters. The van der Waals surface area contributed by atoms with Crippen molar-refractivity contribution >= 4 is 23.2 Å². The number of benzene rings is 3. The lowest BCUT2D eigenvalue weighted by Crippen LogP contribution is -2.39. The minimum absolute atomic E-state index is 0.0592. The molecule has 1 aliphatic heterocycles. The summed E-state index contributed by atoms with van der Waals surface area (Å²) in [6.45, 7) is 2.85. The number of hydrogen-bond acceptors (Lipinski definition) is 6. The lowest BCUT2D eigenvalue weighted by molar-refractivity contribution is -0.166. The van der Waals surface area contributed by atoms with Gasteiger partial charge in [0.15, 0.2) is 5.76 Å². The smallest absolute Gasteiger partial charge is 0.286 e. The van der Waals surface area contributed by atoms with Crippen LogP contribution < -0.4 is 16.4 Å². The van der Waals surface area contributed by atoms with Gasteiger partial charge in [0.1, 0.15) is 0 Å². The van der Waals surface area contributed by atoms with Gasteiger partial charge in [-0.15, -0.1) is 0 Å². The fourth-order valence-electron chi connectivity index (χ4n) is 6.14. The number of rotatable bonds is 13. The zero-order chi connectivity index (χ0) is 30.2. The highest BCUT2D eigenvalue weighted by molar-refractivity contribution is 5.94. The molecule has 8 heteroatoms. The zero-order valence-electron chi connectivity index (χ0n) is 24.7. The largest absolute Gasteiger partial charge is 0.459 e. The van der Waals surface area contributed by atoms with Crippen LogP contribution in [0.3, 0.4) is 0 Å². The number of carbonyl (C=O) groups excluding carboxylic acids is 2. The maximum Gasteiger partial charge on any atom is 0.286 e. The minimum atomic E-state index is -0.610. The fraction of sp³-hybridized carbons (Fsp3) is 0.371. The molecule has 0 spiro atoms. The van der Waals surface area contributed by atoms with Gasteiger partial charge < -0.3 is 30.9 Å². The number of unbranched alkanes of at least 4 members (excludes halogenated alkanes) is 1. The summed E-state index contributed by atoms with van der Waals surface area (Å²) >= 11 is 0. The first-order chi connectivity index (χ1) is 21.0. The number of nitrogens with two attached hydrogens (primary N) is 1. The van der Waals surface area contributed by atoms with Crippen molar-refractivity contribution in [3.63, 3.8) is 0 Å². The van der Waals surface area contributed by atoms with E-state index in [1.807, 2.05) is 25.1 Å². The number of ether oxygens (including phenoxy) is 2. The highest BCUT2D eigenvalue weighted by Crippen LogP contribution is 2.46. The van der Waals surface area contributed by atoms with E-state index < -0.39 is 6.29 Å². The van der Waals surface area contributed by atoms with Crippen LogP contribution in [0, 0.1) is 5.92 Å². The molecule has 5 N–H and O–H groups in total. The third-order valence-corrected chi connectivity index (χ3v) is 8.23. The molecule has 0 aromatic heterocycles. The van der Waals surface area contributed by atoms with Gasteiger partial charge in [0.2, 0.25) is 12.2 Å². The number of hydrogen-bond donors (Lipinski definition) is 4. The molecule has 5 rings (SSSR count). The molecule has 2 aliphatic rings. The summed E-state index contributed by atoms with van der Waals surface area (Å²) in [5.41, 5.74) is 13.2. The van der Waals surface area contributed by atoms with Crippen molar-refractivity contribution in [2.75, 3.05) is 30.8 Å². The molecule has 0 fully saturated rings. The molecule has 0 radical (unpaired) electrons. The molecule has 2 amide bonds. The molecule has 3 aromatic carbocycles. The summed E-state index contributed by atoms with van der Waals surface area (Å²) in [5, 5.41) is 15.4. The van der Waals surface area contributed by atoms with Crippen LogP contribution in [0.5, 0.6) is 0 Å². The number of anilines is 2. The lowest BCUT2D eigenvalue weighted by Gasteiger charge is -2.37. The van der Waals surface area contributed by atoms with Crippen LogP contribution >= 0.6 is 0 Å². The number of nitrogens with one attached hydrogen (secondary N) is 2. The standard InChI is InChI=1S/C35H41N3O5/c1-2-42-35-27(15-10-20-39)29(26-14-9-13-25-24-12-4-3-11-23(24)21-28(25)26)22-32(43-35)34(41)37-19-8-7-18-33(40)38-31-17-6-5-16-30(31)36/h3-6,9,11-14,16-17,22,27,29,35,39H,2,7-8,10,15,18-21,36H2,1H3,(H,37,41)(H,38,40)/t27-,29+,35+/m0/s1. The lowest BCUT2D eigenvalue weighted by atomic mass is 9.78. The number of carbonyl (C=O) groups is 2. The third-order valence-electron chi connectivity index (χ3n) is 8.23. The summed E-state index contributed by atoms with van der Waals surface area (Å²) in [6.07, 6.45) is 5.05. The quantitative estimate of drug-likeness (QED) is 0.122. The number of aliphatic hydroxyl groups excluding tert-OH is 1. The van der Waals surface area contributed by atoms with E-state index in [2.05, 4.69) is 53.1 Å². The van der Waals surface area contributed by atoms with E-state index >= 15 is 0 Å². The van der Waals surface area contributed by atoms with Crippen molar-refractivity contribution in [3.05, 3.63) is 95.3 Å². The second-order valence-corrected chi connectivity index (χ2v) is 11.1. The van der Waals surface area contributed by atoms with E-state index in [0.29, 0.717) is 56.6 Å². The summed E-state index contributed by atoms with van der Waals surface area (Å²) in [7, 11) is 0. The van der Waals surface area contributed by atoms with Crippen molar-refractivity contribution in [2.24, 2.45) is 5.92 Å². The monoisotopic (exact) mass is 583 g/mol. The predicted molar refractivity (Wildman–Crippen MR) is 168 cm³/mol. The average molecular weight is 584 g/mol. The van der Waals surface area contributed by atoms with Gasteiger partial charge >= 0.3 is 0 Å². The Hall–Kier alpha value is -4.14. The maximum absolute atomic E-state index is 13.3. The van der Waals surface area contributed by atoms with Crippen molar-refractivity contribution in [2.45, 2.75) is 57.7 Å². The molecule has 43 heavy (non-hydrogen) atoms. The van der Waals surface area contributed by atoms with Crippen LogP contribution in [0.1, 0.15) is 61.6 Å². The van der Waals surface area contributed by atoms with Crippen LogP contribution in [0.25, 0.3) is 11.1 Å². The van der Waals surface area contributed by atoms with Gasteiger partial charge in [0.25, 0.3) is 5.91 Å². The fourth-order valence-corrected chi connectivity index (χ4v) is 6.14. The molecule has 8 nitrogen and oxygen atoms in total. The third kappa shape index (κ3) is 7.09. The first kappa shape index (κ1) is 30.3. The van der Waals surface area contributed by atoms with Gasteiger partial charge in [0.05, 0.1) is 11.4 Å². The van der Waals surface area contributed by atoms with Crippen molar-refractivity contribution in [1.29, 1.82) is 0 Å². The molecular weight excluding hydrogens is 542 g/mol. The highest BCUT2D eigenvalue weighted by Gasteiger charge is 2.39. The molecule has 1 aliphatic carbocycles. The number of nitrogen functional groups attached to an aromatic ring is 1. The van der Waals surface area contributed by atoms with E-state index in [1.165, 1.54) is 27.8 Å². The topological polar surface area (TPSA) is 123 Å². The normalized spacial score (nSPS) is 18.7. The van der Waals surface area contributed by atoms with Crippen LogP contribution in [0.4, 0.5) is 11.4 Å². The van der Waals surface area contributed by atoms with Crippen molar-refractivity contribution in [1.82, 2.24) is 5.32 Å². The molecular formula is C35H41N3O5. The summed E-state index contributed by atoms with van der Waals surface area (Å²) in [5.74, 6) is -0.342. The number of allylic oxidation sites excluding steroid dienone is 1. The number of aliphatic hydroxyl groups is 1. The average Bonchev–Trinajstić information content (AvgIpc) is 3.40. The predicted octanol–water partition coefficient (Wildman–Crippen LogP) is 5.51. The maximum atomic E-state index is 13.3. The van der Waals surface area contributed by atoms with E-state index in [4.69, 9.17) is 15.2 Å². The molecule has 3 aromatic rings. The molecule has 3 atom stereocenters. The Bertz CT molecular complexity index is 1470. The van der Waals surface area contributed by atoms with E-state index in [9.17, 15) is 14.7 Å². The van der Waals surface area contributed by atoms with Gasteiger partial charge in [-0.3, -0.25) is 9.59 Å².